The summed E-state index contributed by atoms with van der Waals surface area (Å²) in [7, 11) is 0. The Balaban J connectivity index is 2.43. The Morgan fingerprint density at radius 2 is 1.88 bits per heavy atom. The Morgan fingerprint density at radius 1 is 1.31 bits per heavy atom. The van der Waals surface area contributed by atoms with E-state index >= 15 is 0 Å². The largest absolute Gasteiger partial charge is 0.445 e. The van der Waals surface area contributed by atoms with E-state index in [9.17, 15) is 4.79 Å². The first-order valence-corrected chi connectivity index (χ1v) is 5.57. The minimum absolute atomic E-state index is 0.296. The van der Waals surface area contributed by atoms with Crippen molar-refractivity contribution in [1.29, 1.82) is 0 Å². The fourth-order valence-electron chi connectivity index (χ4n) is 0.938. The van der Waals surface area contributed by atoms with E-state index in [1.165, 1.54) is 0 Å². The zero-order chi connectivity index (χ0) is 12.2. The molecule has 0 radical (unpaired) electrons. The molecule has 0 aliphatic rings. The molecule has 1 amide bonds. The van der Waals surface area contributed by atoms with Gasteiger partial charge in [0.15, 0.2) is 0 Å². The minimum atomic E-state index is -1.59. The molecule has 1 aromatic rings. The van der Waals surface area contributed by atoms with Crippen LogP contribution in [0.1, 0.15) is 5.56 Å². The van der Waals surface area contributed by atoms with E-state index in [1.54, 1.807) is 12.1 Å². The van der Waals surface area contributed by atoms with Crippen LogP contribution in [-0.4, -0.2) is 16.5 Å². The standard InChI is InChI=1S/C10H10Cl3NO2/c1-7-2-4-8(5-3-7)14-9(15)16-6-10(11,12)13/h2-5H,6H2,1H3,(H,14,15). The number of hydrogen-bond acceptors (Lipinski definition) is 2. The van der Waals surface area contributed by atoms with Gasteiger partial charge >= 0.3 is 6.09 Å². The number of aryl methyl sites for hydroxylation is 1. The summed E-state index contributed by atoms with van der Waals surface area (Å²) in [4.78, 5) is 11.2. The maximum atomic E-state index is 11.2. The van der Waals surface area contributed by atoms with E-state index in [2.05, 4.69) is 5.32 Å². The van der Waals surface area contributed by atoms with E-state index in [1.807, 2.05) is 19.1 Å². The van der Waals surface area contributed by atoms with E-state index in [0.29, 0.717) is 5.69 Å². The zero-order valence-corrected chi connectivity index (χ0v) is 10.7. The Labute approximate surface area is 109 Å². The van der Waals surface area contributed by atoms with Crippen molar-refractivity contribution < 1.29 is 9.53 Å². The van der Waals surface area contributed by atoms with Gasteiger partial charge in [-0.2, -0.15) is 0 Å². The number of ether oxygens (including phenoxy) is 1. The third-order valence-corrected chi connectivity index (χ3v) is 1.99. The first-order chi connectivity index (χ1) is 7.37. The van der Waals surface area contributed by atoms with Gasteiger partial charge in [-0.05, 0) is 19.1 Å². The molecule has 0 spiro atoms. The summed E-state index contributed by atoms with van der Waals surface area (Å²) in [6.45, 7) is 1.65. The molecule has 0 heterocycles. The molecule has 0 atom stereocenters. The van der Waals surface area contributed by atoms with Gasteiger partial charge in [0, 0.05) is 5.69 Å². The highest BCUT2D eigenvalue weighted by molar-refractivity contribution is 6.67. The summed E-state index contributed by atoms with van der Waals surface area (Å²) >= 11 is 16.3. The quantitative estimate of drug-likeness (QED) is 0.835. The zero-order valence-electron chi connectivity index (χ0n) is 8.47. The number of nitrogens with one attached hydrogen (secondary N) is 1. The van der Waals surface area contributed by atoms with Gasteiger partial charge in [-0.25, -0.2) is 4.79 Å². The summed E-state index contributed by atoms with van der Waals surface area (Å²) in [5.74, 6) is 0. The predicted octanol–water partition coefficient (Wildman–Crippen LogP) is 3.91. The monoisotopic (exact) mass is 281 g/mol. The highest BCUT2D eigenvalue weighted by atomic mass is 35.6. The molecule has 1 N–H and O–H groups in total. The number of carbonyl (C=O) groups is 1. The first kappa shape index (κ1) is 13.4. The molecule has 0 fully saturated rings. The number of benzene rings is 1. The van der Waals surface area contributed by atoms with E-state index < -0.39 is 9.89 Å². The highest BCUT2D eigenvalue weighted by Crippen LogP contribution is 2.26. The summed E-state index contributed by atoms with van der Waals surface area (Å²) < 4.78 is 3.10. The van der Waals surface area contributed by atoms with Gasteiger partial charge in [0.2, 0.25) is 3.79 Å². The molecular weight excluding hydrogens is 272 g/mol. The molecule has 0 saturated heterocycles. The van der Waals surface area contributed by atoms with Crippen LogP contribution >= 0.6 is 34.8 Å². The second-order valence-corrected chi connectivity index (χ2v) is 5.70. The number of halogens is 3. The molecule has 88 valence electrons. The number of rotatable bonds is 2. The van der Waals surface area contributed by atoms with Crippen molar-refractivity contribution in [2.45, 2.75) is 10.7 Å². The number of amides is 1. The van der Waals surface area contributed by atoms with E-state index in [4.69, 9.17) is 39.5 Å². The topological polar surface area (TPSA) is 38.3 Å². The molecule has 16 heavy (non-hydrogen) atoms. The van der Waals surface area contributed by atoms with Crippen LogP contribution in [0.25, 0.3) is 0 Å². The normalized spacial score (nSPS) is 11.0. The molecule has 3 nitrogen and oxygen atoms in total. The molecule has 0 unspecified atom stereocenters. The number of carbonyl (C=O) groups excluding carboxylic acids is 1. The molecule has 1 aromatic carbocycles. The number of anilines is 1. The number of hydrogen-bond donors (Lipinski definition) is 1. The van der Waals surface area contributed by atoms with Gasteiger partial charge in [-0.15, -0.1) is 0 Å². The van der Waals surface area contributed by atoms with Crippen LogP contribution in [0.4, 0.5) is 10.5 Å². The average Bonchev–Trinajstić information content (AvgIpc) is 2.18. The highest BCUT2D eigenvalue weighted by Gasteiger charge is 2.22. The summed E-state index contributed by atoms with van der Waals surface area (Å²) in [6.07, 6.45) is -0.657. The lowest BCUT2D eigenvalue weighted by Crippen LogP contribution is -2.21. The molecule has 0 aromatic heterocycles. The molecular formula is C10H10Cl3NO2. The fourth-order valence-corrected chi connectivity index (χ4v) is 1.10. The summed E-state index contributed by atoms with van der Waals surface area (Å²) in [6, 6.07) is 7.24. The Bertz CT molecular complexity index is 359. The maximum Gasteiger partial charge on any atom is 0.411 e. The van der Waals surface area contributed by atoms with Crippen LogP contribution in [0, 0.1) is 6.92 Å². The maximum absolute atomic E-state index is 11.2. The van der Waals surface area contributed by atoms with Crippen LogP contribution < -0.4 is 5.32 Å². The lowest BCUT2D eigenvalue weighted by molar-refractivity contribution is 0.164. The van der Waals surface area contributed by atoms with Crippen molar-refractivity contribution in [3.8, 4) is 0 Å². The Hall–Kier alpha value is -0.640. The molecule has 0 aliphatic heterocycles. The van der Waals surface area contributed by atoms with Crippen molar-refractivity contribution in [1.82, 2.24) is 0 Å². The Morgan fingerprint density at radius 3 is 2.38 bits per heavy atom. The number of alkyl halides is 3. The van der Waals surface area contributed by atoms with Gasteiger partial charge in [0.05, 0.1) is 0 Å². The molecule has 0 aliphatic carbocycles. The smallest absolute Gasteiger partial charge is 0.411 e. The van der Waals surface area contributed by atoms with Crippen LogP contribution in [0.3, 0.4) is 0 Å². The summed E-state index contributed by atoms with van der Waals surface area (Å²) in [5, 5.41) is 2.50. The minimum Gasteiger partial charge on any atom is -0.445 e. The lowest BCUT2D eigenvalue weighted by atomic mass is 10.2. The van der Waals surface area contributed by atoms with Crippen LogP contribution in [-0.2, 0) is 4.74 Å². The summed E-state index contributed by atoms with van der Waals surface area (Å²) in [5.41, 5.74) is 1.72. The molecule has 1 rings (SSSR count). The van der Waals surface area contributed by atoms with Gasteiger partial charge in [-0.1, -0.05) is 52.5 Å². The van der Waals surface area contributed by atoms with Gasteiger partial charge in [-0.3, -0.25) is 5.32 Å². The van der Waals surface area contributed by atoms with E-state index in [0.717, 1.165) is 5.56 Å². The predicted molar refractivity (Wildman–Crippen MR) is 66.4 cm³/mol. The van der Waals surface area contributed by atoms with Crippen LogP contribution in [0.5, 0.6) is 0 Å². The molecule has 0 saturated carbocycles. The van der Waals surface area contributed by atoms with Crippen molar-refractivity contribution in [3.05, 3.63) is 29.8 Å². The van der Waals surface area contributed by atoms with Gasteiger partial charge < -0.3 is 4.74 Å². The lowest BCUT2D eigenvalue weighted by Gasteiger charge is -2.11. The van der Waals surface area contributed by atoms with Crippen molar-refractivity contribution in [2.24, 2.45) is 0 Å². The van der Waals surface area contributed by atoms with Crippen molar-refractivity contribution in [3.63, 3.8) is 0 Å². The van der Waals surface area contributed by atoms with E-state index in [-0.39, 0.29) is 6.61 Å². The fraction of sp³-hybridized carbons (Fsp3) is 0.300. The molecule has 0 bridgehead atoms. The van der Waals surface area contributed by atoms with Gasteiger partial charge in [0.25, 0.3) is 0 Å². The van der Waals surface area contributed by atoms with Crippen molar-refractivity contribution in [2.75, 3.05) is 11.9 Å². The average molecular weight is 283 g/mol. The second kappa shape index (κ2) is 5.62. The van der Waals surface area contributed by atoms with Crippen LogP contribution in [0.2, 0.25) is 0 Å². The Kier molecular flexibility index (Phi) is 4.71. The van der Waals surface area contributed by atoms with Crippen LogP contribution in [0.15, 0.2) is 24.3 Å². The first-order valence-electron chi connectivity index (χ1n) is 4.44. The SMILES string of the molecule is Cc1ccc(NC(=O)OCC(Cl)(Cl)Cl)cc1. The second-order valence-electron chi connectivity index (χ2n) is 3.18. The third-order valence-electron chi connectivity index (χ3n) is 1.66. The third kappa shape index (κ3) is 5.45. The molecule has 6 heteroatoms. The van der Waals surface area contributed by atoms with Crippen molar-refractivity contribution >= 4 is 46.6 Å². The van der Waals surface area contributed by atoms with Gasteiger partial charge in [0.1, 0.15) is 6.61 Å².